The van der Waals surface area contributed by atoms with E-state index in [2.05, 4.69) is 27.2 Å². The molecule has 3 heterocycles. The average molecular weight is 406 g/mol. The molecule has 2 aromatic heterocycles. The molecule has 3 aromatic rings. The number of nitrogens with zero attached hydrogens (tertiary/aromatic N) is 3. The number of rotatable bonds is 3. The summed E-state index contributed by atoms with van der Waals surface area (Å²) in [6.45, 7) is 3.45. The van der Waals surface area contributed by atoms with Crippen molar-refractivity contribution in [2.75, 3.05) is 25.5 Å². The van der Waals surface area contributed by atoms with E-state index >= 15 is 0 Å². The standard InChI is InChI=1S/C20H21F3N4O2/c1-11-8-12(20(21,22)23)9-15(28)17(11)14-5-6-16-18(25-14)26-19(29-16)24-13-4-3-7-27(2)10-13/h5-6,8-9,13,28H,3-4,7,10H2,1-2H3,(H,24,25,26)/t13-/m1/s1. The Morgan fingerprint density at radius 2 is 2.03 bits per heavy atom. The molecule has 0 saturated carbocycles. The van der Waals surface area contributed by atoms with Gasteiger partial charge < -0.3 is 19.7 Å². The molecule has 1 aliphatic heterocycles. The third-order valence-corrected chi connectivity index (χ3v) is 5.10. The summed E-state index contributed by atoms with van der Waals surface area (Å²) >= 11 is 0. The van der Waals surface area contributed by atoms with Gasteiger partial charge in [0, 0.05) is 18.2 Å². The van der Waals surface area contributed by atoms with Gasteiger partial charge in [-0.15, -0.1) is 0 Å². The lowest BCUT2D eigenvalue weighted by Gasteiger charge is -2.29. The molecular weight excluding hydrogens is 385 g/mol. The quantitative estimate of drug-likeness (QED) is 0.670. The molecular formula is C20H21F3N4O2. The lowest BCUT2D eigenvalue weighted by molar-refractivity contribution is -0.137. The summed E-state index contributed by atoms with van der Waals surface area (Å²) in [4.78, 5) is 11.0. The molecule has 1 atom stereocenters. The van der Waals surface area contributed by atoms with Crippen LogP contribution in [0.2, 0.25) is 0 Å². The Morgan fingerprint density at radius 1 is 1.24 bits per heavy atom. The summed E-state index contributed by atoms with van der Waals surface area (Å²) in [5, 5.41) is 13.5. The van der Waals surface area contributed by atoms with Crippen LogP contribution in [0.4, 0.5) is 19.2 Å². The molecule has 0 unspecified atom stereocenters. The molecule has 1 aliphatic rings. The number of aromatic hydroxyl groups is 1. The fourth-order valence-electron chi connectivity index (χ4n) is 3.74. The van der Waals surface area contributed by atoms with Crippen molar-refractivity contribution in [1.82, 2.24) is 14.9 Å². The lowest BCUT2D eigenvalue weighted by atomic mass is 10.0. The van der Waals surface area contributed by atoms with Gasteiger partial charge in [-0.1, -0.05) is 0 Å². The number of aryl methyl sites for hydroxylation is 1. The second kappa shape index (κ2) is 7.22. The average Bonchev–Trinajstić information content (AvgIpc) is 3.02. The van der Waals surface area contributed by atoms with Crippen molar-refractivity contribution in [2.45, 2.75) is 32.0 Å². The van der Waals surface area contributed by atoms with E-state index in [9.17, 15) is 18.3 Å². The molecule has 9 heteroatoms. The van der Waals surface area contributed by atoms with Gasteiger partial charge in [0.05, 0.1) is 11.3 Å². The van der Waals surface area contributed by atoms with Crippen molar-refractivity contribution in [3.63, 3.8) is 0 Å². The summed E-state index contributed by atoms with van der Waals surface area (Å²) in [5.41, 5.74) is 0.737. The third kappa shape index (κ3) is 4.00. The number of alkyl halides is 3. The van der Waals surface area contributed by atoms with E-state index in [4.69, 9.17) is 4.42 Å². The first-order valence-electron chi connectivity index (χ1n) is 9.34. The molecule has 4 rings (SSSR count). The zero-order valence-corrected chi connectivity index (χ0v) is 16.0. The van der Waals surface area contributed by atoms with Crippen LogP contribution in [0.15, 0.2) is 28.7 Å². The molecule has 2 N–H and O–H groups in total. The molecule has 0 amide bonds. The number of benzene rings is 1. The number of fused-ring (bicyclic) bond motifs is 1. The van der Waals surface area contributed by atoms with E-state index in [1.807, 2.05) is 0 Å². The Hall–Kier alpha value is -2.81. The number of halogens is 3. The Bertz CT molecular complexity index is 1020. The normalized spacial score (nSPS) is 18.3. The molecule has 1 saturated heterocycles. The van der Waals surface area contributed by atoms with E-state index in [1.54, 1.807) is 12.1 Å². The van der Waals surface area contributed by atoms with Gasteiger partial charge in [0.1, 0.15) is 5.75 Å². The number of oxazole rings is 1. The molecule has 154 valence electrons. The van der Waals surface area contributed by atoms with E-state index in [-0.39, 0.29) is 17.2 Å². The summed E-state index contributed by atoms with van der Waals surface area (Å²) in [7, 11) is 2.06. The number of likely N-dealkylation sites (tertiary alicyclic amines) is 1. The molecule has 29 heavy (non-hydrogen) atoms. The van der Waals surface area contributed by atoms with Crippen LogP contribution in [-0.2, 0) is 6.18 Å². The minimum absolute atomic E-state index is 0.225. The van der Waals surface area contributed by atoms with E-state index < -0.39 is 17.5 Å². The number of phenolic OH excluding ortho intramolecular Hbond substituents is 1. The van der Waals surface area contributed by atoms with Crippen LogP contribution in [0.3, 0.4) is 0 Å². The topological polar surface area (TPSA) is 74.4 Å². The summed E-state index contributed by atoms with van der Waals surface area (Å²) < 4.78 is 44.6. The second-order valence-electron chi connectivity index (χ2n) is 7.47. The van der Waals surface area contributed by atoms with Crippen molar-refractivity contribution >= 4 is 17.2 Å². The highest BCUT2D eigenvalue weighted by atomic mass is 19.4. The number of nitrogens with one attached hydrogen (secondary N) is 1. The minimum atomic E-state index is -4.53. The predicted molar refractivity (Wildman–Crippen MR) is 103 cm³/mol. The van der Waals surface area contributed by atoms with Crippen molar-refractivity contribution in [3.05, 3.63) is 35.4 Å². The summed E-state index contributed by atoms with van der Waals surface area (Å²) in [5.74, 6) is -0.476. The highest BCUT2D eigenvalue weighted by Crippen LogP contribution is 2.39. The Balaban J connectivity index is 1.64. The highest BCUT2D eigenvalue weighted by Gasteiger charge is 2.32. The smallest absolute Gasteiger partial charge is 0.416 e. The van der Waals surface area contributed by atoms with Crippen molar-refractivity contribution in [1.29, 1.82) is 0 Å². The van der Waals surface area contributed by atoms with E-state index in [0.717, 1.165) is 32.0 Å². The van der Waals surface area contributed by atoms with Gasteiger partial charge >= 0.3 is 6.18 Å². The first-order chi connectivity index (χ1) is 13.7. The number of phenols is 1. The first-order valence-corrected chi connectivity index (χ1v) is 9.34. The van der Waals surface area contributed by atoms with Crippen LogP contribution >= 0.6 is 0 Å². The minimum Gasteiger partial charge on any atom is -0.507 e. The fourth-order valence-corrected chi connectivity index (χ4v) is 3.74. The number of likely N-dealkylation sites (N-methyl/N-ethyl adjacent to an activating group) is 1. The Kier molecular flexibility index (Phi) is 4.85. The number of piperidine rings is 1. The number of anilines is 1. The molecule has 6 nitrogen and oxygen atoms in total. The summed E-state index contributed by atoms with van der Waals surface area (Å²) in [6.07, 6.45) is -2.43. The number of hydrogen-bond donors (Lipinski definition) is 2. The van der Waals surface area contributed by atoms with E-state index in [1.165, 1.54) is 6.92 Å². The Morgan fingerprint density at radius 3 is 2.72 bits per heavy atom. The maximum absolute atomic E-state index is 13.0. The van der Waals surface area contributed by atoms with Crippen molar-refractivity contribution < 1.29 is 22.7 Å². The van der Waals surface area contributed by atoms with Gasteiger partial charge in [0.25, 0.3) is 6.01 Å². The van der Waals surface area contributed by atoms with Gasteiger partial charge in [-0.3, -0.25) is 0 Å². The van der Waals surface area contributed by atoms with Crippen LogP contribution in [0.1, 0.15) is 24.0 Å². The summed E-state index contributed by atoms with van der Waals surface area (Å²) in [6, 6.07) is 5.54. The maximum atomic E-state index is 13.0. The van der Waals surface area contributed by atoms with Crippen LogP contribution in [0, 0.1) is 6.92 Å². The third-order valence-electron chi connectivity index (χ3n) is 5.10. The molecule has 1 fully saturated rings. The Labute approximate surface area is 165 Å². The van der Waals surface area contributed by atoms with Gasteiger partial charge in [-0.05, 0) is 63.2 Å². The van der Waals surface area contributed by atoms with Crippen LogP contribution < -0.4 is 5.32 Å². The predicted octanol–water partition coefficient (Wildman–Crippen LogP) is 4.43. The SMILES string of the molecule is Cc1cc(C(F)(F)F)cc(O)c1-c1ccc2oc(N[C@@H]3CCCN(C)C3)nc2n1. The van der Waals surface area contributed by atoms with Gasteiger partial charge in [-0.2, -0.15) is 18.2 Å². The highest BCUT2D eigenvalue weighted by molar-refractivity contribution is 5.78. The van der Waals surface area contributed by atoms with E-state index in [0.29, 0.717) is 29.0 Å². The molecule has 0 aliphatic carbocycles. The van der Waals surface area contributed by atoms with Gasteiger partial charge in [0.15, 0.2) is 5.58 Å². The number of aromatic nitrogens is 2. The van der Waals surface area contributed by atoms with Crippen LogP contribution in [0.25, 0.3) is 22.5 Å². The molecule has 0 spiro atoms. The molecule has 1 aromatic carbocycles. The first kappa shape index (κ1) is 19.5. The van der Waals surface area contributed by atoms with Gasteiger partial charge in [-0.25, -0.2) is 4.98 Å². The fraction of sp³-hybridized carbons (Fsp3) is 0.400. The molecule has 0 radical (unpaired) electrons. The monoisotopic (exact) mass is 406 g/mol. The van der Waals surface area contributed by atoms with Crippen LogP contribution in [0.5, 0.6) is 5.75 Å². The van der Waals surface area contributed by atoms with Crippen molar-refractivity contribution in [3.8, 4) is 17.0 Å². The van der Waals surface area contributed by atoms with Crippen molar-refractivity contribution in [2.24, 2.45) is 0 Å². The lowest BCUT2D eigenvalue weighted by Crippen LogP contribution is -2.39. The van der Waals surface area contributed by atoms with Crippen LogP contribution in [-0.4, -0.2) is 46.2 Å². The zero-order chi connectivity index (χ0) is 20.8. The second-order valence-corrected chi connectivity index (χ2v) is 7.47. The number of hydrogen-bond acceptors (Lipinski definition) is 6. The zero-order valence-electron chi connectivity index (χ0n) is 16.0. The van der Waals surface area contributed by atoms with Gasteiger partial charge in [0.2, 0.25) is 5.65 Å². The maximum Gasteiger partial charge on any atom is 0.416 e. The molecule has 0 bridgehead atoms. The number of pyridine rings is 1. The largest absolute Gasteiger partial charge is 0.507 e.